The van der Waals surface area contributed by atoms with Gasteiger partial charge in [-0.1, -0.05) is 39.7 Å². The van der Waals surface area contributed by atoms with Gasteiger partial charge < -0.3 is 9.15 Å². The molecule has 6 heteroatoms. The summed E-state index contributed by atoms with van der Waals surface area (Å²) in [7, 11) is 0. The zero-order valence-corrected chi connectivity index (χ0v) is 13.1. The Morgan fingerprint density at radius 2 is 1.81 bits per heavy atom. The smallest absolute Gasteiger partial charge is 0.254 e. The topological polar surface area (TPSA) is 48.2 Å². The molecule has 0 N–H and O–H groups in total. The number of benzene rings is 2. The molecule has 0 aliphatic heterocycles. The van der Waals surface area contributed by atoms with Gasteiger partial charge in [-0.15, -0.1) is 10.2 Å². The summed E-state index contributed by atoms with van der Waals surface area (Å²) in [5.74, 6) is 1.51. The largest absolute Gasteiger partial charge is 0.484 e. The predicted octanol–water partition coefficient (Wildman–Crippen LogP) is 4.73. The van der Waals surface area contributed by atoms with Crippen LogP contribution < -0.4 is 4.74 Å². The summed E-state index contributed by atoms with van der Waals surface area (Å²) < 4.78 is 12.1. The van der Waals surface area contributed by atoms with E-state index in [2.05, 4.69) is 26.1 Å². The van der Waals surface area contributed by atoms with Crippen LogP contribution in [0.2, 0.25) is 5.02 Å². The van der Waals surface area contributed by atoms with E-state index in [-0.39, 0.29) is 6.61 Å². The Bertz CT molecular complexity index is 743. The highest BCUT2D eigenvalue weighted by atomic mass is 79.9. The summed E-state index contributed by atoms with van der Waals surface area (Å²) in [6.07, 6.45) is 0. The molecule has 0 atom stereocenters. The maximum absolute atomic E-state index is 6.09. The Labute approximate surface area is 134 Å². The summed E-state index contributed by atoms with van der Waals surface area (Å²) in [5, 5.41) is 8.51. The van der Waals surface area contributed by atoms with E-state index < -0.39 is 0 Å². The number of aromatic nitrogens is 2. The molecule has 0 saturated heterocycles. The van der Waals surface area contributed by atoms with Gasteiger partial charge in [-0.2, -0.15) is 0 Å². The third kappa shape index (κ3) is 3.43. The normalized spacial score (nSPS) is 10.6. The molecule has 0 aliphatic carbocycles. The molecule has 3 rings (SSSR count). The monoisotopic (exact) mass is 364 g/mol. The lowest BCUT2D eigenvalue weighted by Crippen LogP contribution is -1.95. The van der Waals surface area contributed by atoms with Crippen molar-refractivity contribution in [1.29, 1.82) is 0 Å². The molecule has 0 saturated carbocycles. The van der Waals surface area contributed by atoms with Gasteiger partial charge >= 0.3 is 0 Å². The SMILES string of the molecule is Clc1ccccc1-c1nnc(COc2ccc(Br)cc2)o1. The third-order valence-electron chi connectivity index (χ3n) is 2.75. The van der Waals surface area contributed by atoms with Crippen molar-refractivity contribution in [3.63, 3.8) is 0 Å². The molecular formula is C15H10BrClN2O2. The Morgan fingerprint density at radius 1 is 1.05 bits per heavy atom. The molecule has 0 radical (unpaired) electrons. The summed E-state index contributed by atoms with van der Waals surface area (Å²) in [6, 6.07) is 14.8. The van der Waals surface area contributed by atoms with Crippen LogP contribution >= 0.6 is 27.5 Å². The number of hydrogen-bond donors (Lipinski definition) is 0. The maximum atomic E-state index is 6.09. The van der Waals surface area contributed by atoms with Crippen LogP contribution in [0.5, 0.6) is 5.75 Å². The summed E-state index contributed by atoms with van der Waals surface area (Å²) in [5.41, 5.74) is 0.710. The molecule has 0 amide bonds. The van der Waals surface area contributed by atoms with Crippen molar-refractivity contribution in [2.75, 3.05) is 0 Å². The van der Waals surface area contributed by atoms with Crippen LogP contribution in [0.3, 0.4) is 0 Å². The first-order valence-corrected chi connectivity index (χ1v) is 7.35. The van der Waals surface area contributed by atoms with E-state index in [9.17, 15) is 0 Å². The number of halogens is 2. The molecule has 21 heavy (non-hydrogen) atoms. The zero-order chi connectivity index (χ0) is 14.7. The first-order valence-electron chi connectivity index (χ1n) is 6.18. The molecule has 1 heterocycles. The Morgan fingerprint density at radius 3 is 2.57 bits per heavy atom. The zero-order valence-electron chi connectivity index (χ0n) is 10.8. The van der Waals surface area contributed by atoms with E-state index in [1.807, 2.05) is 42.5 Å². The minimum atomic E-state index is 0.207. The highest BCUT2D eigenvalue weighted by Crippen LogP contribution is 2.26. The van der Waals surface area contributed by atoms with E-state index in [1.165, 1.54) is 0 Å². The van der Waals surface area contributed by atoms with E-state index in [0.717, 1.165) is 10.2 Å². The summed E-state index contributed by atoms with van der Waals surface area (Å²) >= 11 is 9.46. The molecule has 0 fully saturated rings. The van der Waals surface area contributed by atoms with Gasteiger partial charge in [-0.3, -0.25) is 0 Å². The van der Waals surface area contributed by atoms with Crippen LogP contribution in [0.15, 0.2) is 57.4 Å². The average molecular weight is 366 g/mol. The third-order valence-corrected chi connectivity index (χ3v) is 3.61. The van der Waals surface area contributed by atoms with Crippen LogP contribution in [-0.4, -0.2) is 10.2 Å². The maximum Gasteiger partial charge on any atom is 0.254 e. The van der Waals surface area contributed by atoms with Gasteiger partial charge in [0.1, 0.15) is 5.75 Å². The highest BCUT2D eigenvalue weighted by Gasteiger charge is 2.11. The number of hydrogen-bond acceptors (Lipinski definition) is 4. The standard InChI is InChI=1S/C15H10BrClN2O2/c16-10-5-7-11(8-6-10)20-9-14-18-19-15(21-14)12-3-1-2-4-13(12)17/h1-8H,9H2. The van der Waals surface area contributed by atoms with Crippen molar-refractivity contribution in [3.05, 3.63) is 63.9 Å². The molecule has 3 aromatic rings. The molecule has 0 aliphatic rings. The molecule has 2 aromatic carbocycles. The Hall–Kier alpha value is -1.85. The second kappa shape index (κ2) is 6.28. The quantitative estimate of drug-likeness (QED) is 0.670. The highest BCUT2D eigenvalue weighted by molar-refractivity contribution is 9.10. The number of ether oxygens (including phenoxy) is 1. The van der Waals surface area contributed by atoms with Crippen molar-refractivity contribution >= 4 is 27.5 Å². The first kappa shape index (κ1) is 14.1. The lowest BCUT2D eigenvalue weighted by atomic mass is 10.2. The molecule has 4 nitrogen and oxygen atoms in total. The molecule has 0 bridgehead atoms. The fourth-order valence-corrected chi connectivity index (χ4v) is 2.21. The van der Waals surface area contributed by atoms with Gasteiger partial charge in [0.15, 0.2) is 6.61 Å². The van der Waals surface area contributed by atoms with Crippen LogP contribution in [0, 0.1) is 0 Å². The lowest BCUT2D eigenvalue weighted by Gasteiger charge is -2.02. The second-order valence-electron chi connectivity index (χ2n) is 4.22. The van der Waals surface area contributed by atoms with Crippen molar-refractivity contribution < 1.29 is 9.15 Å². The summed E-state index contributed by atoms with van der Waals surface area (Å²) in [4.78, 5) is 0. The van der Waals surface area contributed by atoms with Crippen molar-refractivity contribution in [2.45, 2.75) is 6.61 Å². The fraction of sp³-hybridized carbons (Fsp3) is 0.0667. The molecular weight excluding hydrogens is 356 g/mol. The van der Waals surface area contributed by atoms with Crippen LogP contribution in [0.4, 0.5) is 0 Å². The van der Waals surface area contributed by atoms with Crippen LogP contribution in [-0.2, 0) is 6.61 Å². The number of rotatable bonds is 4. The van der Waals surface area contributed by atoms with Crippen molar-refractivity contribution in [2.24, 2.45) is 0 Å². The molecule has 1 aromatic heterocycles. The molecule has 106 valence electrons. The lowest BCUT2D eigenvalue weighted by molar-refractivity contribution is 0.264. The minimum Gasteiger partial charge on any atom is -0.484 e. The summed E-state index contributed by atoms with van der Waals surface area (Å²) in [6.45, 7) is 0.207. The van der Waals surface area contributed by atoms with E-state index in [0.29, 0.717) is 22.4 Å². The Balaban J connectivity index is 1.71. The van der Waals surface area contributed by atoms with E-state index in [4.69, 9.17) is 20.8 Å². The van der Waals surface area contributed by atoms with Gasteiger partial charge in [0.25, 0.3) is 5.89 Å². The van der Waals surface area contributed by atoms with E-state index in [1.54, 1.807) is 6.07 Å². The van der Waals surface area contributed by atoms with E-state index >= 15 is 0 Å². The second-order valence-corrected chi connectivity index (χ2v) is 5.55. The van der Waals surface area contributed by atoms with Gasteiger partial charge in [-0.25, -0.2) is 0 Å². The van der Waals surface area contributed by atoms with Crippen LogP contribution in [0.1, 0.15) is 5.89 Å². The van der Waals surface area contributed by atoms with Gasteiger partial charge in [0.2, 0.25) is 5.89 Å². The minimum absolute atomic E-state index is 0.207. The number of nitrogens with zero attached hydrogens (tertiary/aromatic N) is 2. The van der Waals surface area contributed by atoms with Gasteiger partial charge in [0, 0.05) is 4.47 Å². The van der Waals surface area contributed by atoms with Crippen molar-refractivity contribution in [3.8, 4) is 17.2 Å². The Kier molecular flexibility index (Phi) is 4.22. The van der Waals surface area contributed by atoms with Gasteiger partial charge in [-0.05, 0) is 36.4 Å². The average Bonchev–Trinajstić information content (AvgIpc) is 2.96. The molecule has 0 spiro atoms. The first-order chi connectivity index (χ1) is 10.2. The fourth-order valence-electron chi connectivity index (χ4n) is 1.73. The predicted molar refractivity (Wildman–Crippen MR) is 83.2 cm³/mol. The molecule has 0 unspecified atom stereocenters. The van der Waals surface area contributed by atoms with Crippen LogP contribution in [0.25, 0.3) is 11.5 Å². The van der Waals surface area contributed by atoms with Gasteiger partial charge in [0.05, 0.1) is 10.6 Å². The van der Waals surface area contributed by atoms with Crippen molar-refractivity contribution in [1.82, 2.24) is 10.2 Å².